The highest BCUT2D eigenvalue weighted by molar-refractivity contribution is 7.28. The lowest BCUT2D eigenvalue weighted by Gasteiger charge is -2.29. The van der Waals surface area contributed by atoms with E-state index in [1.54, 1.807) is 0 Å². The van der Waals surface area contributed by atoms with Crippen LogP contribution in [0.4, 0.5) is 26.3 Å². The first-order valence-electron chi connectivity index (χ1n) is 13.9. The highest BCUT2D eigenvalue weighted by Crippen LogP contribution is 2.32. The van der Waals surface area contributed by atoms with Gasteiger partial charge in [-0.25, -0.2) is 31.1 Å². The van der Waals surface area contributed by atoms with E-state index in [1.807, 2.05) is 6.92 Å². The SMILES string of the molecule is CCCOCC1COC(c2ccc(-c3cc(F)c(C(=O)Oc4ccc(-c5cc(F)c(F)c(F)c5)c(P)c4)c(F)c3)c(F)c2)OC1. The van der Waals surface area contributed by atoms with E-state index in [0.29, 0.717) is 37.3 Å². The molecule has 0 aliphatic carbocycles. The highest BCUT2D eigenvalue weighted by Gasteiger charge is 2.26. The molecule has 12 heteroatoms. The zero-order valence-electron chi connectivity index (χ0n) is 23.9. The van der Waals surface area contributed by atoms with Crippen molar-refractivity contribution in [3.05, 3.63) is 107 Å². The molecule has 0 N–H and O–H groups in total. The molecule has 0 aromatic heterocycles. The molecule has 1 fully saturated rings. The van der Waals surface area contributed by atoms with Gasteiger partial charge in [-0.05, 0) is 70.9 Å². The Bertz CT molecular complexity index is 1680. The third-order valence-corrected chi connectivity index (χ3v) is 7.50. The van der Waals surface area contributed by atoms with Crippen molar-refractivity contribution in [2.75, 3.05) is 26.4 Å². The third-order valence-electron chi connectivity index (χ3n) is 7.02. The summed E-state index contributed by atoms with van der Waals surface area (Å²) in [5.74, 6) is -9.18. The molecule has 0 radical (unpaired) electrons. The summed E-state index contributed by atoms with van der Waals surface area (Å²) in [4.78, 5) is 12.7. The molecule has 0 spiro atoms. The maximum Gasteiger partial charge on any atom is 0.349 e. The van der Waals surface area contributed by atoms with Crippen LogP contribution in [0.2, 0.25) is 0 Å². The van der Waals surface area contributed by atoms with Crippen molar-refractivity contribution >= 4 is 20.5 Å². The lowest BCUT2D eigenvalue weighted by molar-refractivity contribution is -0.212. The Hall–Kier alpha value is -3.76. The van der Waals surface area contributed by atoms with Crippen LogP contribution in [0.15, 0.2) is 60.7 Å². The van der Waals surface area contributed by atoms with Crippen LogP contribution >= 0.6 is 9.24 Å². The van der Waals surface area contributed by atoms with Gasteiger partial charge in [0, 0.05) is 23.7 Å². The molecule has 5 nitrogen and oxygen atoms in total. The van der Waals surface area contributed by atoms with Gasteiger partial charge in [0.05, 0.1) is 19.8 Å². The minimum atomic E-state index is -1.62. The Kier molecular flexibility index (Phi) is 10.2. The highest BCUT2D eigenvalue weighted by atomic mass is 31.0. The fourth-order valence-corrected chi connectivity index (χ4v) is 5.23. The quantitative estimate of drug-likeness (QED) is 0.0466. The second-order valence-electron chi connectivity index (χ2n) is 10.4. The van der Waals surface area contributed by atoms with E-state index in [9.17, 15) is 18.0 Å². The molecule has 236 valence electrons. The molecule has 1 aliphatic heterocycles. The zero-order chi connectivity index (χ0) is 32.2. The van der Waals surface area contributed by atoms with Crippen molar-refractivity contribution in [2.24, 2.45) is 5.92 Å². The predicted octanol–water partition coefficient (Wildman–Crippen LogP) is 7.66. The molecule has 0 amide bonds. The second kappa shape index (κ2) is 14.1. The fraction of sp³-hybridized carbons (Fsp3) is 0.242. The summed E-state index contributed by atoms with van der Waals surface area (Å²) in [7, 11) is 2.27. The van der Waals surface area contributed by atoms with Crippen LogP contribution in [0.3, 0.4) is 0 Å². The van der Waals surface area contributed by atoms with E-state index in [-0.39, 0.29) is 33.9 Å². The fourth-order valence-electron chi connectivity index (χ4n) is 4.80. The third kappa shape index (κ3) is 7.39. The van der Waals surface area contributed by atoms with E-state index in [0.717, 1.165) is 36.8 Å². The largest absolute Gasteiger partial charge is 0.423 e. The van der Waals surface area contributed by atoms with E-state index in [1.165, 1.54) is 30.3 Å². The van der Waals surface area contributed by atoms with E-state index >= 15 is 13.2 Å². The maximum atomic E-state index is 15.1. The van der Waals surface area contributed by atoms with Gasteiger partial charge >= 0.3 is 5.97 Å². The van der Waals surface area contributed by atoms with Crippen LogP contribution in [-0.4, -0.2) is 32.4 Å². The number of ether oxygens (including phenoxy) is 4. The molecule has 0 bridgehead atoms. The van der Waals surface area contributed by atoms with E-state index in [4.69, 9.17) is 18.9 Å². The Morgan fingerprint density at radius 3 is 2.00 bits per heavy atom. The molecular weight excluding hydrogens is 621 g/mol. The number of hydrogen-bond donors (Lipinski definition) is 0. The van der Waals surface area contributed by atoms with Crippen LogP contribution in [0.1, 0.15) is 35.6 Å². The number of esters is 1. The van der Waals surface area contributed by atoms with Crippen LogP contribution in [0.25, 0.3) is 22.3 Å². The molecule has 1 saturated heterocycles. The summed E-state index contributed by atoms with van der Waals surface area (Å²) in [6.07, 6.45) is 0.0868. The standard InChI is InChI=1S/C33H27F6O5P/c1-2-7-41-14-17-15-42-33(43-16-17)18-3-5-22(24(34)8-18)19-9-25(35)30(26(36)10-19)32(40)44-21-4-6-23(29(45)13-21)20-11-27(37)31(39)28(38)12-20/h3-6,8-13,17,33H,2,7,14-16,45H2,1H3. The van der Waals surface area contributed by atoms with Gasteiger partial charge in [0.15, 0.2) is 23.7 Å². The monoisotopic (exact) mass is 648 g/mol. The Labute approximate surface area is 257 Å². The molecule has 4 aromatic rings. The molecule has 1 atom stereocenters. The maximum absolute atomic E-state index is 15.1. The van der Waals surface area contributed by atoms with Gasteiger partial charge < -0.3 is 18.9 Å². The molecule has 1 unspecified atom stereocenters. The van der Waals surface area contributed by atoms with Gasteiger partial charge in [-0.1, -0.05) is 25.1 Å². The van der Waals surface area contributed by atoms with Crippen LogP contribution in [0.5, 0.6) is 5.75 Å². The summed E-state index contributed by atoms with van der Waals surface area (Å²) >= 11 is 0. The molecule has 4 aromatic carbocycles. The van der Waals surface area contributed by atoms with Crippen molar-refractivity contribution < 1.29 is 50.1 Å². The first-order chi connectivity index (χ1) is 21.5. The topological polar surface area (TPSA) is 54.0 Å². The molecule has 5 rings (SSSR count). The number of rotatable bonds is 9. The Morgan fingerprint density at radius 1 is 0.800 bits per heavy atom. The molecule has 45 heavy (non-hydrogen) atoms. The van der Waals surface area contributed by atoms with Crippen LogP contribution in [0, 0.1) is 40.8 Å². The van der Waals surface area contributed by atoms with Gasteiger partial charge in [-0.3, -0.25) is 0 Å². The zero-order valence-corrected chi connectivity index (χ0v) is 25.0. The van der Waals surface area contributed by atoms with E-state index < -0.39 is 52.7 Å². The summed E-state index contributed by atoms with van der Waals surface area (Å²) in [6, 6.07) is 11.1. The molecule has 1 heterocycles. The second-order valence-corrected chi connectivity index (χ2v) is 11.0. The smallest absolute Gasteiger partial charge is 0.349 e. The van der Waals surface area contributed by atoms with Crippen molar-refractivity contribution in [3.63, 3.8) is 0 Å². The van der Waals surface area contributed by atoms with Gasteiger partial charge in [0.25, 0.3) is 0 Å². The van der Waals surface area contributed by atoms with Gasteiger partial charge in [0.2, 0.25) is 0 Å². The molecule has 1 aliphatic rings. The van der Waals surface area contributed by atoms with Crippen molar-refractivity contribution in [2.45, 2.75) is 19.6 Å². The minimum Gasteiger partial charge on any atom is -0.423 e. The average molecular weight is 649 g/mol. The van der Waals surface area contributed by atoms with E-state index in [2.05, 4.69) is 9.24 Å². The summed E-state index contributed by atoms with van der Waals surface area (Å²) in [5.41, 5.74) is -0.596. The van der Waals surface area contributed by atoms with Gasteiger partial charge in [-0.15, -0.1) is 9.24 Å². The van der Waals surface area contributed by atoms with Crippen LogP contribution < -0.4 is 10.0 Å². The normalized spacial score (nSPS) is 16.5. The van der Waals surface area contributed by atoms with Gasteiger partial charge in [0.1, 0.15) is 28.8 Å². The number of carbonyl (C=O) groups excluding carboxylic acids is 1. The summed E-state index contributed by atoms with van der Waals surface area (Å²) in [5, 5.41) is 0.297. The Balaban J connectivity index is 1.28. The lowest BCUT2D eigenvalue weighted by Crippen LogP contribution is -2.30. The van der Waals surface area contributed by atoms with Crippen molar-refractivity contribution in [1.82, 2.24) is 0 Å². The minimum absolute atomic E-state index is 0.0163. The first kappa shape index (κ1) is 32.6. The summed E-state index contributed by atoms with van der Waals surface area (Å²) in [6.45, 7) is 3.86. The molecule has 0 saturated carbocycles. The van der Waals surface area contributed by atoms with Crippen LogP contribution in [-0.2, 0) is 14.2 Å². The van der Waals surface area contributed by atoms with Gasteiger partial charge in [-0.2, -0.15) is 0 Å². The molecular formula is C33H27F6O5P. The predicted molar refractivity (Wildman–Crippen MR) is 157 cm³/mol. The number of benzene rings is 4. The lowest BCUT2D eigenvalue weighted by atomic mass is 10.0. The van der Waals surface area contributed by atoms with Crippen molar-refractivity contribution in [1.29, 1.82) is 0 Å². The number of carbonyl (C=O) groups is 1. The summed E-state index contributed by atoms with van der Waals surface area (Å²) < 4.78 is 108. The Morgan fingerprint density at radius 2 is 1.40 bits per heavy atom. The van der Waals surface area contributed by atoms with Crippen molar-refractivity contribution in [3.8, 4) is 28.0 Å². The average Bonchev–Trinajstić information content (AvgIpc) is 3.00. The number of halogens is 6. The number of hydrogen-bond acceptors (Lipinski definition) is 5. The first-order valence-corrected chi connectivity index (χ1v) is 14.5.